The molecule has 7 heteroatoms. The summed E-state index contributed by atoms with van der Waals surface area (Å²) in [6.07, 6.45) is 3.90. The molecule has 0 fully saturated rings. The molecule has 0 aliphatic rings. The maximum atomic E-state index is 13.7. The van der Waals surface area contributed by atoms with Crippen LogP contribution in [0.1, 0.15) is 22.8 Å². The lowest BCUT2D eigenvalue weighted by molar-refractivity contribution is 0.476. The Morgan fingerprint density at radius 3 is 2.47 bits per heavy atom. The quantitative estimate of drug-likeness (QED) is 0.296. The Labute approximate surface area is 200 Å². The lowest BCUT2D eigenvalue weighted by Gasteiger charge is -2.10. The largest absolute Gasteiger partial charge is 0.508 e. The molecule has 5 aromatic rings. The Morgan fingerprint density at radius 2 is 1.76 bits per heavy atom. The van der Waals surface area contributed by atoms with Crippen LogP contribution in [0.25, 0.3) is 32.7 Å². The van der Waals surface area contributed by atoms with Crippen LogP contribution in [0.2, 0.25) is 0 Å². The molecule has 170 valence electrons. The molecular formula is C27H22FN3O2S. The predicted octanol–water partition coefficient (Wildman–Crippen LogP) is 7.12. The van der Waals surface area contributed by atoms with E-state index in [9.17, 15) is 9.50 Å². The monoisotopic (exact) mass is 471 g/mol. The van der Waals surface area contributed by atoms with E-state index < -0.39 is 0 Å². The summed E-state index contributed by atoms with van der Waals surface area (Å²) in [5, 5.41) is 19.1. The van der Waals surface area contributed by atoms with Gasteiger partial charge in [-0.3, -0.25) is 0 Å². The van der Waals surface area contributed by atoms with Gasteiger partial charge in [0.2, 0.25) is 0 Å². The van der Waals surface area contributed by atoms with Crippen molar-refractivity contribution < 1.29 is 14.2 Å². The zero-order valence-electron chi connectivity index (χ0n) is 18.9. The molecule has 0 saturated heterocycles. The van der Waals surface area contributed by atoms with Crippen molar-refractivity contribution in [2.75, 3.05) is 0 Å². The predicted molar refractivity (Wildman–Crippen MR) is 135 cm³/mol. The van der Waals surface area contributed by atoms with E-state index in [-0.39, 0.29) is 11.6 Å². The second kappa shape index (κ2) is 8.76. The van der Waals surface area contributed by atoms with Crippen molar-refractivity contribution in [1.82, 2.24) is 14.8 Å². The van der Waals surface area contributed by atoms with Crippen LogP contribution in [0.4, 0.5) is 4.39 Å². The normalized spacial score (nSPS) is 11.5. The first-order chi connectivity index (χ1) is 16.4. The van der Waals surface area contributed by atoms with E-state index in [2.05, 4.69) is 10.2 Å². The molecule has 0 radical (unpaired) electrons. The number of hydrogen-bond donors (Lipinski definition) is 1. The molecule has 0 aliphatic carbocycles. The van der Waals surface area contributed by atoms with E-state index in [1.165, 1.54) is 23.5 Å². The first kappa shape index (κ1) is 21.9. The zero-order valence-corrected chi connectivity index (χ0v) is 19.7. The van der Waals surface area contributed by atoms with Gasteiger partial charge in [0.1, 0.15) is 23.1 Å². The number of rotatable bonds is 5. The number of fused-ring (bicyclic) bond motifs is 1. The lowest BCUT2D eigenvalue weighted by atomic mass is 10.1. The van der Waals surface area contributed by atoms with Crippen molar-refractivity contribution in [2.45, 2.75) is 13.8 Å². The summed E-state index contributed by atoms with van der Waals surface area (Å²) in [6.45, 7) is 3.79. The minimum absolute atomic E-state index is 0.192. The third-order valence-corrected chi connectivity index (χ3v) is 6.88. The number of hydrogen-bond acceptors (Lipinski definition) is 5. The number of halogens is 1. The lowest BCUT2D eigenvalue weighted by Crippen LogP contribution is -1.93. The van der Waals surface area contributed by atoms with Crippen LogP contribution >= 0.6 is 11.3 Å². The van der Waals surface area contributed by atoms with E-state index in [0.29, 0.717) is 11.5 Å². The van der Waals surface area contributed by atoms with E-state index in [4.69, 9.17) is 4.74 Å². The van der Waals surface area contributed by atoms with Gasteiger partial charge in [-0.2, -0.15) is 0 Å². The molecule has 5 nitrogen and oxygen atoms in total. The second-order valence-electron chi connectivity index (χ2n) is 8.07. The van der Waals surface area contributed by atoms with Crippen LogP contribution in [0.5, 0.6) is 17.2 Å². The summed E-state index contributed by atoms with van der Waals surface area (Å²) < 4.78 is 22.9. The molecule has 0 unspecified atom stereocenters. The van der Waals surface area contributed by atoms with Gasteiger partial charge in [0.05, 0.1) is 4.88 Å². The highest BCUT2D eigenvalue weighted by atomic mass is 32.1. The van der Waals surface area contributed by atoms with Crippen molar-refractivity contribution in [3.05, 3.63) is 89.3 Å². The summed E-state index contributed by atoms with van der Waals surface area (Å²) in [7, 11) is 1.93. The van der Waals surface area contributed by atoms with Gasteiger partial charge in [-0.05, 0) is 79.1 Å². The van der Waals surface area contributed by atoms with E-state index in [1.807, 2.05) is 67.9 Å². The van der Waals surface area contributed by atoms with E-state index in [1.54, 1.807) is 18.2 Å². The number of aryl methyl sites for hydroxylation is 2. The van der Waals surface area contributed by atoms with Gasteiger partial charge < -0.3 is 14.4 Å². The fourth-order valence-corrected chi connectivity index (χ4v) is 4.98. The Hall–Kier alpha value is -3.97. The highest BCUT2D eigenvalue weighted by Crippen LogP contribution is 2.48. The number of benzene rings is 3. The highest BCUT2D eigenvalue weighted by molar-refractivity contribution is 7.22. The Kier molecular flexibility index (Phi) is 5.63. The molecule has 5 rings (SSSR count). The molecule has 3 aromatic carbocycles. The maximum absolute atomic E-state index is 13.7. The van der Waals surface area contributed by atoms with Crippen LogP contribution in [-0.2, 0) is 7.05 Å². The Morgan fingerprint density at radius 1 is 0.971 bits per heavy atom. The van der Waals surface area contributed by atoms with Gasteiger partial charge in [-0.15, -0.1) is 21.5 Å². The van der Waals surface area contributed by atoms with Gasteiger partial charge >= 0.3 is 0 Å². The summed E-state index contributed by atoms with van der Waals surface area (Å²) >= 11 is 1.51. The van der Waals surface area contributed by atoms with E-state index in [0.717, 1.165) is 43.3 Å². The van der Waals surface area contributed by atoms with Crippen LogP contribution in [0.15, 0.2) is 60.7 Å². The molecule has 1 N–H and O–H groups in total. The van der Waals surface area contributed by atoms with Crippen molar-refractivity contribution in [3.8, 4) is 27.7 Å². The van der Waals surface area contributed by atoms with Crippen LogP contribution < -0.4 is 4.74 Å². The molecule has 0 amide bonds. The Balaban J connectivity index is 1.49. The number of thiophene rings is 1. The van der Waals surface area contributed by atoms with Crippen molar-refractivity contribution in [2.24, 2.45) is 7.05 Å². The fourth-order valence-electron chi connectivity index (χ4n) is 3.73. The highest BCUT2D eigenvalue weighted by Gasteiger charge is 2.18. The Bertz CT molecular complexity index is 1530. The number of phenolic OH excluding ortho intramolecular Hbond substituents is 1. The fraction of sp³-hybridized carbons (Fsp3) is 0.111. The number of phenols is 1. The molecule has 2 aromatic heterocycles. The average molecular weight is 472 g/mol. The van der Waals surface area contributed by atoms with Crippen molar-refractivity contribution in [1.29, 1.82) is 0 Å². The maximum Gasteiger partial charge on any atom is 0.156 e. The average Bonchev–Trinajstić information content (AvgIpc) is 3.32. The van der Waals surface area contributed by atoms with Crippen LogP contribution in [0.3, 0.4) is 0 Å². The smallest absolute Gasteiger partial charge is 0.156 e. The second-order valence-corrected chi connectivity index (χ2v) is 9.12. The number of nitrogens with zero attached hydrogens (tertiary/aromatic N) is 3. The summed E-state index contributed by atoms with van der Waals surface area (Å²) in [6, 6.07) is 17.7. The molecule has 34 heavy (non-hydrogen) atoms. The molecule has 0 saturated carbocycles. The van der Waals surface area contributed by atoms with Gasteiger partial charge in [0.15, 0.2) is 11.6 Å². The minimum Gasteiger partial charge on any atom is -0.508 e. The van der Waals surface area contributed by atoms with Crippen molar-refractivity contribution in [3.63, 3.8) is 0 Å². The molecular weight excluding hydrogens is 449 g/mol. The third-order valence-electron chi connectivity index (χ3n) is 5.71. The molecule has 0 atom stereocenters. The standard InChI is InChI=1S/C27H22FN3O2S/c1-16-14-19(28)7-11-22(16)27-26(23-12-8-20(32)15-24(23)34-27)33-21-9-4-18(5-10-21)6-13-25-30-29-17(2)31(25)3/h4-15,32H,1-3H3. The number of aromatic nitrogens is 3. The summed E-state index contributed by atoms with van der Waals surface area (Å²) in [5.41, 5.74) is 2.72. The zero-order chi connectivity index (χ0) is 23.8. The number of ether oxygens (including phenoxy) is 1. The molecule has 0 bridgehead atoms. The first-order valence-electron chi connectivity index (χ1n) is 10.7. The van der Waals surface area contributed by atoms with Gasteiger partial charge in [0.25, 0.3) is 0 Å². The van der Waals surface area contributed by atoms with Crippen LogP contribution in [0, 0.1) is 19.7 Å². The first-order valence-corrected chi connectivity index (χ1v) is 11.5. The SMILES string of the molecule is Cc1cc(F)ccc1-c1sc2cc(O)ccc2c1Oc1ccc(C=Cc2nnc(C)n2C)cc1. The molecule has 0 spiro atoms. The number of aromatic hydroxyl groups is 1. The van der Waals surface area contributed by atoms with E-state index >= 15 is 0 Å². The van der Waals surface area contributed by atoms with Gasteiger partial charge in [-0.1, -0.05) is 24.3 Å². The molecule has 0 aliphatic heterocycles. The minimum atomic E-state index is -0.275. The third kappa shape index (κ3) is 4.18. The molecule has 2 heterocycles. The van der Waals surface area contributed by atoms with Crippen molar-refractivity contribution >= 4 is 33.6 Å². The van der Waals surface area contributed by atoms with Crippen LogP contribution in [-0.4, -0.2) is 19.9 Å². The topological polar surface area (TPSA) is 60.2 Å². The summed E-state index contributed by atoms with van der Waals surface area (Å²) in [5.74, 6) is 2.92. The van der Waals surface area contributed by atoms with Gasteiger partial charge in [0, 0.05) is 17.1 Å². The van der Waals surface area contributed by atoms with Gasteiger partial charge in [-0.25, -0.2) is 4.39 Å². The summed E-state index contributed by atoms with van der Waals surface area (Å²) in [4.78, 5) is 0.889.